The van der Waals surface area contributed by atoms with Gasteiger partial charge in [-0.1, -0.05) is 33.6 Å². The number of hydrogen-bond acceptors (Lipinski definition) is 7. The molecule has 3 aromatic carbocycles. The molecule has 0 aliphatic heterocycles. The van der Waals surface area contributed by atoms with Crippen molar-refractivity contribution in [3.63, 3.8) is 0 Å². The lowest BCUT2D eigenvalue weighted by Gasteiger charge is -2.15. The van der Waals surface area contributed by atoms with E-state index in [1.54, 1.807) is 31.2 Å². The summed E-state index contributed by atoms with van der Waals surface area (Å²) in [5.41, 5.74) is 2.65. The van der Waals surface area contributed by atoms with Crippen molar-refractivity contribution in [3.05, 3.63) is 86.4 Å². The molecule has 0 bridgehead atoms. The van der Waals surface area contributed by atoms with Gasteiger partial charge in [0, 0.05) is 15.7 Å². The fraction of sp³-hybridized carbons (Fsp3) is 0.185. The van der Waals surface area contributed by atoms with E-state index in [1.807, 2.05) is 37.3 Å². The lowest BCUT2D eigenvalue weighted by atomic mass is 10.2. The van der Waals surface area contributed by atoms with Crippen molar-refractivity contribution >= 4 is 44.6 Å². The highest BCUT2D eigenvalue weighted by molar-refractivity contribution is 9.10. The van der Waals surface area contributed by atoms with Crippen LogP contribution in [0.3, 0.4) is 0 Å². The van der Waals surface area contributed by atoms with E-state index in [2.05, 4.69) is 31.3 Å². The number of rotatable bonds is 8. The van der Waals surface area contributed by atoms with E-state index in [4.69, 9.17) is 14.2 Å². The van der Waals surface area contributed by atoms with Gasteiger partial charge in [0.2, 0.25) is 5.75 Å². The zero-order valence-corrected chi connectivity index (χ0v) is 22.3. The van der Waals surface area contributed by atoms with E-state index in [1.165, 1.54) is 25.1 Å². The predicted molar refractivity (Wildman–Crippen MR) is 146 cm³/mol. The normalized spacial score (nSPS) is 11.1. The molecule has 1 amide bonds. The number of benzene rings is 3. The third-order valence-corrected chi connectivity index (χ3v) is 5.95. The molecule has 4 aromatic rings. The van der Waals surface area contributed by atoms with Gasteiger partial charge in [0.1, 0.15) is 5.82 Å². The number of halogens is 1. The number of carbonyl (C=O) groups excluding carboxylic acids is 1. The molecule has 0 fully saturated rings. The molecule has 1 heterocycles. The van der Waals surface area contributed by atoms with Gasteiger partial charge in [-0.05, 0) is 56.3 Å². The molecule has 0 atom stereocenters. The number of nitrogens with one attached hydrogen (secondary N) is 1. The molecule has 0 spiro atoms. The van der Waals surface area contributed by atoms with Gasteiger partial charge in [0.25, 0.3) is 11.5 Å². The number of hydrogen-bond donors (Lipinski definition) is 1. The maximum absolute atomic E-state index is 13.0. The average molecular weight is 565 g/mol. The first kappa shape index (κ1) is 25.9. The van der Waals surface area contributed by atoms with Crippen molar-refractivity contribution in [2.24, 2.45) is 5.10 Å². The number of nitrogens with zero attached hydrogens (tertiary/aromatic N) is 3. The number of aryl methyl sites for hydroxylation is 2. The van der Waals surface area contributed by atoms with Crippen LogP contribution in [-0.4, -0.2) is 42.6 Å². The molecule has 37 heavy (non-hydrogen) atoms. The minimum Gasteiger partial charge on any atom is -0.493 e. The molecule has 1 N–H and O–H groups in total. The van der Waals surface area contributed by atoms with Gasteiger partial charge in [-0.25, -0.2) is 4.98 Å². The van der Waals surface area contributed by atoms with E-state index in [9.17, 15) is 9.59 Å². The average Bonchev–Trinajstić information content (AvgIpc) is 2.89. The highest BCUT2D eigenvalue weighted by Gasteiger charge is 2.16. The number of ether oxygens (including phenoxy) is 3. The Morgan fingerprint density at radius 3 is 2.38 bits per heavy atom. The van der Waals surface area contributed by atoms with Crippen molar-refractivity contribution in [3.8, 4) is 17.2 Å². The van der Waals surface area contributed by atoms with Crippen LogP contribution in [0.4, 0.5) is 5.69 Å². The van der Waals surface area contributed by atoms with Crippen molar-refractivity contribution in [1.29, 1.82) is 0 Å². The van der Waals surface area contributed by atoms with Gasteiger partial charge in [0.15, 0.2) is 18.1 Å². The second-order valence-corrected chi connectivity index (χ2v) is 9.06. The summed E-state index contributed by atoms with van der Waals surface area (Å²) in [5, 5.41) is 7.58. The molecule has 4 rings (SSSR count). The number of methoxy groups -OCH3 is 2. The van der Waals surface area contributed by atoms with Crippen molar-refractivity contribution < 1.29 is 19.0 Å². The van der Waals surface area contributed by atoms with Crippen LogP contribution >= 0.6 is 15.9 Å². The topological polar surface area (TPSA) is 104 Å². The van der Waals surface area contributed by atoms with E-state index >= 15 is 0 Å². The molecule has 0 saturated heterocycles. The van der Waals surface area contributed by atoms with Gasteiger partial charge in [-0.2, -0.15) is 9.78 Å². The minimum absolute atomic E-state index is 0.249. The maximum atomic E-state index is 13.0. The Bertz CT molecular complexity index is 1520. The third kappa shape index (κ3) is 5.97. The van der Waals surface area contributed by atoms with Crippen molar-refractivity contribution in [2.45, 2.75) is 13.8 Å². The molecule has 0 aliphatic rings. The zero-order chi connectivity index (χ0) is 26.5. The quantitative estimate of drug-likeness (QED) is 0.311. The van der Waals surface area contributed by atoms with Crippen molar-refractivity contribution in [2.75, 3.05) is 26.1 Å². The van der Waals surface area contributed by atoms with Crippen molar-refractivity contribution in [1.82, 2.24) is 9.66 Å². The standard InChI is InChI=1S/C27H25BrN4O5/c1-16-5-8-20(9-6-16)31-25(33)15-37-26-23(35-3)11-18(12-24(26)36-4)14-29-32-17(2)30-22-10-7-19(28)13-21(22)27(32)34/h5-14H,15H2,1-4H3,(H,31,33). The highest BCUT2D eigenvalue weighted by atomic mass is 79.9. The van der Waals surface area contributed by atoms with E-state index in [0.717, 1.165) is 10.0 Å². The molecule has 0 radical (unpaired) electrons. The fourth-order valence-corrected chi connectivity index (χ4v) is 3.97. The molecule has 1 aromatic heterocycles. The summed E-state index contributed by atoms with van der Waals surface area (Å²) in [7, 11) is 2.96. The van der Waals surface area contributed by atoms with Gasteiger partial charge in [-0.3, -0.25) is 9.59 Å². The molecular weight excluding hydrogens is 540 g/mol. The molecular formula is C27H25BrN4O5. The van der Waals surface area contributed by atoms with Crippen LogP contribution in [-0.2, 0) is 4.79 Å². The van der Waals surface area contributed by atoms with Crippen LogP contribution in [0.5, 0.6) is 17.2 Å². The highest BCUT2D eigenvalue weighted by Crippen LogP contribution is 2.38. The Labute approximate surface area is 221 Å². The zero-order valence-electron chi connectivity index (χ0n) is 20.7. The summed E-state index contributed by atoms with van der Waals surface area (Å²) in [6, 6.07) is 16.1. The monoisotopic (exact) mass is 564 g/mol. The van der Waals surface area contributed by atoms with E-state index in [-0.39, 0.29) is 23.8 Å². The SMILES string of the molecule is COc1cc(C=Nn2c(C)nc3ccc(Br)cc3c2=O)cc(OC)c1OCC(=O)Nc1ccc(C)cc1. The summed E-state index contributed by atoms with van der Waals surface area (Å²) in [5.74, 6) is 1.06. The molecule has 9 nitrogen and oxygen atoms in total. The number of anilines is 1. The van der Waals surface area contributed by atoms with Crippen LogP contribution in [0.15, 0.2) is 69.0 Å². The smallest absolute Gasteiger partial charge is 0.282 e. The van der Waals surface area contributed by atoms with E-state index < -0.39 is 0 Å². The summed E-state index contributed by atoms with van der Waals surface area (Å²) >= 11 is 3.39. The van der Waals surface area contributed by atoms with Gasteiger partial charge in [-0.15, -0.1) is 0 Å². The minimum atomic E-state index is -0.330. The first-order chi connectivity index (χ1) is 17.8. The Balaban J connectivity index is 1.57. The molecule has 0 unspecified atom stereocenters. The summed E-state index contributed by atoms with van der Waals surface area (Å²) in [6.45, 7) is 3.43. The summed E-state index contributed by atoms with van der Waals surface area (Å²) < 4.78 is 18.7. The maximum Gasteiger partial charge on any atom is 0.282 e. The third-order valence-electron chi connectivity index (χ3n) is 5.46. The Morgan fingerprint density at radius 2 is 1.73 bits per heavy atom. The molecule has 10 heteroatoms. The van der Waals surface area contributed by atoms with Gasteiger partial charge >= 0.3 is 0 Å². The van der Waals surface area contributed by atoms with Gasteiger partial charge < -0.3 is 19.5 Å². The van der Waals surface area contributed by atoms with Crippen LogP contribution in [0.1, 0.15) is 17.0 Å². The number of aromatic nitrogens is 2. The fourth-order valence-electron chi connectivity index (χ4n) is 3.61. The Morgan fingerprint density at radius 1 is 1.05 bits per heavy atom. The van der Waals surface area contributed by atoms with Crippen LogP contribution < -0.4 is 25.1 Å². The summed E-state index contributed by atoms with van der Waals surface area (Å²) in [4.78, 5) is 29.9. The van der Waals surface area contributed by atoms with E-state index in [0.29, 0.717) is 39.5 Å². The van der Waals surface area contributed by atoms with Crippen LogP contribution in [0.2, 0.25) is 0 Å². The molecule has 0 saturated carbocycles. The molecule has 0 aliphatic carbocycles. The number of fused-ring (bicyclic) bond motifs is 1. The lowest BCUT2D eigenvalue weighted by Crippen LogP contribution is -2.21. The molecule has 190 valence electrons. The number of carbonyl (C=O) groups is 1. The Hall–Kier alpha value is -4.18. The predicted octanol–water partition coefficient (Wildman–Crippen LogP) is 4.69. The van der Waals surface area contributed by atoms with Crippen LogP contribution in [0.25, 0.3) is 10.9 Å². The summed E-state index contributed by atoms with van der Waals surface area (Å²) in [6.07, 6.45) is 1.50. The Kier molecular flexibility index (Phi) is 7.88. The lowest BCUT2D eigenvalue weighted by molar-refractivity contribution is -0.118. The largest absolute Gasteiger partial charge is 0.493 e. The van der Waals surface area contributed by atoms with Crippen LogP contribution in [0, 0.1) is 13.8 Å². The first-order valence-electron chi connectivity index (χ1n) is 11.3. The second kappa shape index (κ2) is 11.3. The second-order valence-electron chi connectivity index (χ2n) is 8.14. The number of amides is 1. The first-order valence-corrected chi connectivity index (χ1v) is 12.1. The van der Waals surface area contributed by atoms with Gasteiger partial charge in [0.05, 0.1) is 31.3 Å².